The molecular formula is C18H19N7S2. The van der Waals surface area contributed by atoms with E-state index in [0.29, 0.717) is 5.16 Å². The summed E-state index contributed by atoms with van der Waals surface area (Å²) in [5, 5.41) is 8.62. The van der Waals surface area contributed by atoms with Gasteiger partial charge in [-0.15, -0.1) is 0 Å². The maximum Gasteiger partial charge on any atom is 0.188 e. The molecule has 0 saturated carbocycles. The summed E-state index contributed by atoms with van der Waals surface area (Å²) in [7, 11) is 0. The van der Waals surface area contributed by atoms with Crippen molar-refractivity contribution in [1.82, 2.24) is 15.0 Å². The highest BCUT2D eigenvalue weighted by atomic mass is 32.2. The zero-order valence-electron chi connectivity index (χ0n) is 15.2. The third-order valence-corrected chi connectivity index (χ3v) is 5.41. The minimum absolute atomic E-state index is 0.286. The van der Waals surface area contributed by atoms with Gasteiger partial charge in [0.15, 0.2) is 10.3 Å². The zero-order chi connectivity index (χ0) is 19.2. The maximum atomic E-state index is 8.80. The number of hydrogen-bond acceptors (Lipinski definition) is 7. The second kappa shape index (κ2) is 8.85. The van der Waals surface area contributed by atoms with Gasteiger partial charge in [0.05, 0.1) is 22.3 Å². The van der Waals surface area contributed by atoms with Crippen molar-refractivity contribution in [3.05, 3.63) is 52.5 Å². The SMILES string of the molecule is CCNc1ncc(-c2cc(-c3ccccc3C(C)N=[N+]=[N-])nc(SC)n2)s1. The predicted octanol–water partition coefficient (Wildman–Crippen LogP) is 5.79. The van der Waals surface area contributed by atoms with Crippen molar-refractivity contribution in [1.29, 1.82) is 0 Å². The number of rotatable bonds is 7. The fourth-order valence-corrected chi connectivity index (χ4v) is 3.86. The van der Waals surface area contributed by atoms with Crippen molar-refractivity contribution >= 4 is 28.2 Å². The molecule has 2 heterocycles. The molecule has 9 heteroatoms. The Kier molecular flexibility index (Phi) is 6.28. The van der Waals surface area contributed by atoms with E-state index in [1.807, 2.05) is 56.6 Å². The minimum atomic E-state index is -0.286. The van der Waals surface area contributed by atoms with Crippen LogP contribution in [0.25, 0.3) is 32.3 Å². The molecule has 1 aromatic carbocycles. The Morgan fingerprint density at radius 3 is 2.81 bits per heavy atom. The van der Waals surface area contributed by atoms with Gasteiger partial charge in [-0.05, 0) is 30.3 Å². The van der Waals surface area contributed by atoms with E-state index in [0.717, 1.165) is 39.1 Å². The summed E-state index contributed by atoms with van der Waals surface area (Å²) in [6.07, 6.45) is 3.78. The molecule has 0 saturated heterocycles. The fraction of sp³-hybridized carbons (Fsp3) is 0.278. The van der Waals surface area contributed by atoms with Gasteiger partial charge in [-0.25, -0.2) is 15.0 Å². The number of thiazole rings is 1. The van der Waals surface area contributed by atoms with Crippen LogP contribution in [0, 0.1) is 0 Å². The lowest BCUT2D eigenvalue weighted by Crippen LogP contribution is -1.98. The van der Waals surface area contributed by atoms with Gasteiger partial charge in [-0.2, -0.15) is 0 Å². The average molecular weight is 398 g/mol. The lowest BCUT2D eigenvalue weighted by Gasteiger charge is -2.13. The summed E-state index contributed by atoms with van der Waals surface area (Å²) in [6.45, 7) is 4.74. The van der Waals surface area contributed by atoms with Gasteiger partial charge in [0.2, 0.25) is 0 Å². The molecule has 3 aromatic rings. The van der Waals surface area contributed by atoms with Crippen molar-refractivity contribution in [2.24, 2.45) is 5.11 Å². The molecule has 0 aliphatic heterocycles. The van der Waals surface area contributed by atoms with E-state index < -0.39 is 0 Å². The minimum Gasteiger partial charge on any atom is -0.362 e. The van der Waals surface area contributed by atoms with Gasteiger partial charge in [0.25, 0.3) is 0 Å². The standard InChI is InChI=1S/C18H19N7S2/c1-4-20-17-21-10-16(27-17)15-9-14(22-18(23-15)26-3)13-8-6-5-7-12(13)11(2)24-25-19/h5-11H,4H2,1-3H3,(H,20,21). The number of azide groups is 1. The molecule has 1 unspecified atom stereocenters. The Morgan fingerprint density at radius 2 is 2.07 bits per heavy atom. The van der Waals surface area contributed by atoms with Gasteiger partial charge in [0.1, 0.15) is 0 Å². The number of nitrogens with zero attached hydrogens (tertiary/aromatic N) is 6. The van der Waals surface area contributed by atoms with E-state index >= 15 is 0 Å². The summed E-state index contributed by atoms with van der Waals surface area (Å²) in [5.74, 6) is 0. The van der Waals surface area contributed by atoms with Gasteiger partial charge in [-0.1, -0.05) is 59.4 Å². The van der Waals surface area contributed by atoms with E-state index in [2.05, 4.69) is 30.3 Å². The van der Waals surface area contributed by atoms with Crippen molar-refractivity contribution in [2.75, 3.05) is 18.1 Å². The highest BCUT2D eigenvalue weighted by molar-refractivity contribution is 7.98. The molecule has 1 N–H and O–H groups in total. The lowest BCUT2D eigenvalue weighted by atomic mass is 9.99. The molecule has 0 amide bonds. The molecule has 0 bridgehead atoms. The topological polar surface area (TPSA) is 99.5 Å². The number of anilines is 1. The highest BCUT2D eigenvalue weighted by Gasteiger charge is 2.15. The number of benzene rings is 1. The molecular weight excluding hydrogens is 378 g/mol. The summed E-state index contributed by atoms with van der Waals surface area (Å²) in [4.78, 5) is 17.6. The molecule has 0 fully saturated rings. The number of aromatic nitrogens is 3. The van der Waals surface area contributed by atoms with Crippen molar-refractivity contribution < 1.29 is 0 Å². The molecule has 138 valence electrons. The molecule has 0 radical (unpaired) electrons. The Hall–Kier alpha value is -2.61. The average Bonchev–Trinajstić information content (AvgIpc) is 3.17. The molecule has 27 heavy (non-hydrogen) atoms. The quantitative estimate of drug-likeness (QED) is 0.179. The monoisotopic (exact) mass is 397 g/mol. The summed E-state index contributed by atoms with van der Waals surface area (Å²) in [5.41, 5.74) is 12.3. The molecule has 0 spiro atoms. The van der Waals surface area contributed by atoms with Crippen LogP contribution in [0.15, 0.2) is 46.8 Å². The molecule has 1 atom stereocenters. The van der Waals surface area contributed by atoms with Crippen LogP contribution in [0.2, 0.25) is 0 Å². The largest absolute Gasteiger partial charge is 0.362 e. The maximum absolute atomic E-state index is 8.80. The van der Waals surface area contributed by atoms with Crippen LogP contribution in [0.5, 0.6) is 0 Å². The smallest absolute Gasteiger partial charge is 0.188 e. The lowest BCUT2D eigenvalue weighted by molar-refractivity contribution is 0.808. The van der Waals surface area contributed by atoms with Crippen LogP contribution in [-0.2, 0) is 0 Å². The van der Waals surface area contributed by atoms with Crippen LogP contribution in [0.3, 0.4) is 0 Å². The number of nitrogens with one attached hydrogen (secondary N) is 1. The van der Waals surface area contributed by atoms with E-state index in [1.165, 1.54) is 11.8 Å². The van der Waals surface area contributed by atoms with Crippen LogP contribution in [0.4, 0.5) is 5.13 Å². The predicted molar refractivity (Wildman–Crippen MR) is 112 cm³/mol. The first-order chi connectivity index (χ1) is 13.2. The molecule has 0 aliphatic rings. The molecule has 3 rings (SSSR count). The molecule has 7 nitrogen and oxygen atoms in total. The first kappa shape index (κ1) is 19.2. The number of thioether (sulfide) groups is 1. The zero-order valence-corrected chi connectivity index (χ0v) is 16.9. The fourth-order valence-electron chi connectivity index (χ4n) is 2.64. The van der Waals surface area contributed by atoms with Crippen LogP contribution in [0.1, 0.15) is 25.5 Å². The Labute approximate surface area is 165 Å². The first-order valence-corrected chi connectivity index (χ1v) is 10.5. The Balaban J connectivity index is 2.10. The van der Waals surface area contributed by atoms with Crippen molar-refractivity contribution in [2.45, 2.75) is 25.0 Å². The first-order valence-electron chi connectivity index (χ1n) is 8.43. The highest BCUT2D eigenvalue weighted by Crippen LogP contribution is 2.34. The third-order valence-electron chi connectivity index (χ3n) is 3.89. The number of hydrogen-bond donors (Lipinski definition) is 1. The van der Waals surface area contributed by atoms with Crippen LogP contribution >= 0.6 is 23.1 Å². The third kappa shape index (κ3) is 4.39. The van der Waals surface area contributed by atoms with E-state index in [9.17, 15) is 0 Å². The summed E-state index contributed by atoms with van der Waals surface area (Å²) in [6, 6.07) is 9.52. The van der Waals surface area contributed by atoms with E-state index in [-0.39, 0.29) is 6.04 Å². The molecule has 2 aromatic heterocycles. The molecule has 0 aliphatic carbocycles. The van der Waals surface area contributed by atoms with E-state index in [1.54, 1.807) is 11.3 Å². The van der Waals surface area contributed by atoms with Crippen LogP contribution in [-0.4, -0.2) is 27.8 Å². The van der Waals surface area contributed by atoms with Crippen LogP contribution < -0.4 is 5.32 Å². The van der Waals surface area contributed by atoms with Gasteiger partial charge >= 0.3 is 0 Å². The van der Waals surface area contributed by atoms with Gasteiger partial charge in [0, 0.05) is 23.2 Å². The summed E-state index contributed by atoms with van der Waals surface area (Å²) >= 11 is 3.06. The van der Waals surface area contributed by atoms with E-state index in [4.69, 9.17) is 5.53 Å². The Bertz CT molecular complexity index is 979. The van der Waals surface area contributed by atoms with Crippen molar-refractivity contribution in [3.63, 3.8) is 0 Å². The Morgan fingerprint density at radius 1 is 1.30 bits per heavy atom. The van der Waals surface area contributed by atoms with Gasteiger partial charge < -0.3 is 5.32 Å². The summed E-state index contributed by atoms with van der Waals surface area (Å²) < 4.78 is 0. The van der Waals surface area contributed by atoms with Crippen molar-refractivity contribution in [3.8, 4) is 21.8 Å². The normalized spacial score (nSPS) is 11.7. The van der Waals surface area contributed by atoms with Gasteiger partial charge in [-0.3, -0.25) is 0 Å². The second-order valence-electron chi connectivity index (χ2n) is 5.65. The second-order valence-corrected chi connectivity index (χ2v) is 7.46.